The Balaban J connectivity index is 1.41. The average molecular weight is 420 g/mol. The molecular weight excluding hydrogens is 390 g/mol. The molecule has 2 aromatic carbocycles. The normalized spacial score (nSPS) is 17.0. The average Bonchev–Trinajstić information content (AvgIpc) is 3.03. The molecule has 6 nitrogen and oxygen atoms in total. The molecule has 31 heavy (non-hydrogen) atoms. The first-order chi connectivity index (χ1) is 14.9. The van der Waals surface area contributed by atoms with Crippen LogP contribution < -0.4 is 5.32 Å². The van der Waals surface area contributed by atoms with Gasteiger partial charge in [0.05, 0.1) is 17.7 Å². The van der Waals surface area contributed by atoms with Crippen LogP contribution >= 0.6 is 0 Å². The number of carbonyl (C=O) groups excluding carboxylic acids is 3. The van der Waals surface area contributed by atoms with Crippen LogP contribution in [0, 0.1) is 0 Å². The van der Waals surface area contributed by atoms with Crippen LogP contribution in [0.15, 0.2) is 48.5 Å². The standard InChI is InChI=1S/C25H29N3O3/c1-25(2,27-13-6-3-7-14-27)17-26-22(29)19-10-8-9-18(15-19)16-28-23(30)20-11-4-5-12-21(20)24(28)31/h4-5,8-12,15H,3,6-7,13-14,16-17H2,1-2H3,(H,26,29). The fraction of sp³-hybridized carbons (Fsp3) is 0.400. The van der Waals surface area contributed by atoms with Gasteiger partial charge in [0.15, 0.2) is 0 Å². The van der Waals surface area contributed by atoms with Gasteiger partial charge < -0.3 is 5.32 Å². The van der Waals surface area contributed by atoms with Gasteiger partial charge in [0.25, 0.3) is 17.7 Å². The Kier molecular flexibility index (Phi) is 5.92. The van der Waals surface area contributed by atoms with E-state index in [1.165, 1.54) is 24.2 Å². The number of nitrogens with one attached hydrogen (secondary N) is 1. The number of hydrogen-bond acceptors (Lipinski definition) is 4. The third-order valence-electron chi connectivity index (χ3n) is 6.30. The monoisotopic (exact) mass is 419 g/mol. The molecule has 2 aliphatic rings. The number of likely N-dealkylation sites (tertiary alicyclic amines) is 1. The second kappa shape index (κ2) is 8.63. The number of imide groups is 1. The maximum atomic E-state index is 12.8. The smallest absolute Gasteiger partial charge is 0.261 e. The molecule has 0 radical (unpaired) electrons. The molecule has 2 aromatic rings. The summed E-state index contributed by atoms with van der Waals surface area (Å²) in [5.74, 6) is -0.730. The van der Waals surface area contributed by atoms with Gasteiger partial charge in [-0.25, -0.2) is 0 Å². The van der Waals surface area contributed by atoms with Gasteiger partial charge in [0, 0.05) is 17.6 Å². The Morgan fingerprint density at radius 2 is 1.58 bits per heavy atom. The Bertz CT molecular complexity index is 974. The summed E-state index contributed by atoms with van der Waals surface area (Å²) in [5.41, 5.74) is 2.04. The molecule has 1 fully saturated rings. The van der Waals surface area contributed by atoms with Crippen LogP contribution in [0.25, 0.3) is 0 Å². The quantitative estimate of drug-likeness (QED) is 0.728. The van der Waals surface area contributed by atoms with Crippen LogP contribution in [-0.2, 0) is 6.54 Å². The number of rotatable bonds is 6. The summed E-state index contributed by atoms with van der Waals surface area (Å²) in [4.78, 5) is 41.7. The molecule has 0 aromatic heterocycles. The van der Waals surface area contributed by atoms with Crippen molar-refractivity contribution < 1.29 is 14.4 Å². The van der Waals surface area contributed by atoms with Crippen molar-refractivity contribution in [2.45, 2.75) is 45.2 Å². The van der Waals surface area contributed by atoms with Gasteiger partial charge in [-0.15, -0.1) is 0 Å². The van der Waals surface area contributed by atoms with Crippen LogP contribution in [0.4, 0.5) is 0 Å². The van der Waals surface area contributed by atoms with E-state index in [0.717, 1.165) is 18.7 Å². The molecule has 4 rings (SSSR count). The maximum Gasteiger partial charge on any atom is 0.261 e. The first-order valence-electron chi connectivity index (χ1n) is 10.9. The molecule has 1 N–H and O–H groups in total. The Hall–Kier alpha value is -2.99. The van der Waals surface area contributed by atoms with Gasteiger partial charge in [0.2, 0.25) is 0 Å². The highest BCUT2D eigenvalue weighted by Crippen LogP contribution is 2.24. The van der Waals surface area contributed by atoms with Gasteiger partial charge in [-0.1, -0.05) is 30.7 Å². The van der Waals surface area contributed by atoms with Gasteiger partial charge in [-0.05, 0) is 69.6 Å². The summed E-state index contributed by atoms with van der Waals surface area (Å²) in [6, 6.07) is 14.0. The van der Waals surface area contributed by atoms with E-state index in [0.29, 0.717) is 23.2 Å². The van der Waals surface area contributed by atoms with Crippen molar-refractivity contribution in [1.29, 1.82) is 0 Å². The lowest BCUT2D eigenvalue weighted by Gasteiger charge is -2.41. The van der Waals surface area contributed by atoms with Crippen LogP contribution in [0.1, 0.15) is 69.7 Å². The predicted octanol–water partition coefficient (Wildman–Crippen LogP) is 3.48. The van der Waals surface area contributed by atoms with E-state index < -0.39 is 0 Å². The molecule has 1 saturated heterocycles. The zero-order valence-corrected chi connectivity index (χ0v) is 18.2. The molecule has 0 aliphatic carbocycles. The summed E-state index contributed by atoms with van der Waals surface area (Å²) in [5, 5.41) is 3.06. The third kappa shape index (κ3) is 4.39. The van der Waals surface area contributed by atoms with Crippen LogP contribution in [-0.4, -0.2) is 52.7 Å². The molecule has 0 unspecified atom stereocenters. The van der Waals surface area contributed by atoms with Crippen molar-refractivity contribution in [2.24, 2.45) is 0 Å². The van der Waals surface area contributed by atoms with Crippen LogP contribution in [0.2, 0.25) is 0 Å². The molecular formula is C25H29N3O3. The summed E-state index contributed by atoms with van der Waals surface area (Å²) < 4.78 is 0. The molecule has 2 aliphatic heterocycles. The number of piperidine rings is 1. The Labute approximate surface area is 183 Å². The highest BCUT2D eigenvalue weighted by atomic mass is 16.2. The summed E-state index contributed by atoms with van der Waals surface area (Å²) in [7, 11) is 0. The van der Waals surface area contributed by atoms with Crippen LogP contribution in [0.5, 0.6) is 0 Å². The van der Waals surface area contributed by atoms with E-state index in [4.69, 9.17) is 0 Å². The number of nitrogens with zero attached hydrogens (tertiary/aromatic N) is 2. The first kappa shape index (κ1) is 21.2. The van der Waals surface area contributed by atoms with Crippen molar-refractivity contribution in [3.63, 3.8) is 0 Å². The second-order valence-electron chi connectivity index (χ2n) is 8.99. The van der Waals surface area contributed by atoms with Crippen molar-refractivity contribution in [3.8, 4) is 0 Å². The van der Waals surface area contributed by atoms with Gasteiger partial charge in [0.1, 0.15) is 0 Å². The summed E-state index contributed by atoms with van der Waals surface area (Å²) in [6.45, 7) is 7.17. The minimum Gasteiger partial charge on any atom is -0.350 e. The number of benzene rings is 2. The van der Waals surface area contributed by atoms with Crippen molar-refractivity contribution in [3.05, 3.63) is 70.8 Å². The molecule has 0 spiro atoms. The number of amides is 3. The van der Waals surface area contributed by atoms with Crippen LogP contribution in [0.3, 0.4) is 0 Å². The third-order valence-corrected chi connectivity index (χ3v) is 6.30. The minimum absolute atomic E-state index is 0.103. The SMILES string of the molecule is CC(C)(CNC(=O)c1cccc(CN2C(=O)c3ccccc3C2=O)c1)N1CCCCC1. The molecule has 0 atom stereocenters. The molecule has 162 valence electrons. The van der Waals surface area contributed by atoms with Crippen molar-refractivity contribution in [1.82, 2.24) is 15.1 Å². The number of fused-ring (bicyclic) bond motifs is 1. The fourth-order valence-electron chi connectivity index (χ4n) is 4.39. The van der Waals surface area contributed by atoms with Gasteiger partial charge in [-0.2, -0.15) is 0 Å². The Morgan fingerprint density at radius 1 is 0.935 bits per heavy atom. The van der Waals surface area contributed by atoms with E-state index in [1.54, 1.807) is 42.5 Å². The van der Waals surface area contributed by atoms with E-state index in [1.807, 2.05) is 6.07 Å². The highest BCUT2D eigenvalue weighted by molar-refractivity contribution is 6.21. The highest BCUT2D eigenvalue weighted by Gasteiger charge is 2.35. The lowest BCUT2D eigenvalue weighted by atomic mass is 9.98. The maximum absolute atomic E-state index is 12.8. The first-order valence-corrected chi connectivity index (χ1v) is 10.9. The molecule has 3 amide bonds. The van der Waals surface area contributed by atoms with E-state index >= 15 is 0 Å². The molecule has 0 bridgehead atoms. The fourth-order valence-corrected chi connectivity index (χ4v) is 4.39. The topological polar surface area (TPSA) is 69.7 Å². The minimum atomic E-state index is -0.293. The van der Waals surface area contributed by atoms with Crippen molar-refractivity contribution >= 4 is 17.7 Å². The van der Waals surface area contributed by atoms with Crippen molar-refractivity contribution in [2.75, 3.05) is 19.6 Å². The zero-order chi connectivity index (χ0) is 22.0. The predicted molar refractivity (Wildman–Crippen MR) is 119 cm³/mol. The summed E-state index contributed by atoms with van der Waals surface area (Å²) >= 11 is 0. The summed E-state index contributed by atoms with van der Waals surface area (Å²) in [6.07, 6.45) is 3.69. The lowest BCUT2D eigenvalue weighted by Crippen LogP contribution is -2.53. The molecule has 0 saturated carbocycles. The van der Waals surface area contributed by atoms with Gasteiger partial charge >= 0.3 is 0 Å². The van der Waals surface area contributed by atoms with E-state index in [9.17, 15) is 14.4 Å². The molecule has 6 heteroatoms. The van der Waals surface area contributed by atoms with E-state index in [-0.39, 0.29) is 29.8 Å². The molecule has 2 heterocycles. The number of carbonyl (C=O) groups is 3. The van der Waals surface area contributed by atoms with Gasteiger partial charge in [-0.3, -0.25) is 24.2 Å². The zero-order valence-electron chi connectivity index (χ0n) is 18.2. The lowest BCUT2D eigenvalue weighted by molar-refractivity contribution is 0.0642. The van der Waals surface area contributed by atoms with E-state index in [2.05, 4.69) is 24.1 Å². The number of hydrogen-bond donors (Lipinski definition) is 1. The second-order valence-corrected chi connectivity index (χ2v) is 8.99. The Morgan fingerprint density at radius 3 is 2.23 bits per heavy atom. The largest absolute Gasteiger partial charge is 0.350 e.